The second-order valence-corrected chi connectivity index (χ2v) is 10.3. The summed E-state index contributed by atoms with van der Waals surface area (Å²) in [7, 11) is 0. The Bertz CT molecular complexity index is 1140. The van der Waals surface area contributed by atoms with Crippen LogP contribution in [-0.4, -0.2) is 59.0 Å². The molecule has 0 spiro atoms. The molecule has 1 saturated carbocycles. The predicted molar refractivity (Wildman–Crippen MR) is 142 cm³/mol. The molecule has 0 bridgehead atoms. The van der Waals surface area contributed by atoms with Crippen LogP contribution in [0.1, 0.15) is 57.4 Å². The molecule has 8 nitrogen and oxygen atoms in total. The van der Waals surface area contributed by atoms with Crippen LogP contribution in [-0.2, 0) is 30.3 Å². The molecular weight excluding hydrogens is 484 g/mol. The zero-order chi connectivity index (χ0) is 27.1. The number of hydrogen-bond donors (Lipinski definition) is 2. The predicted octanol–water partition coefficient (Wildman–Crippen LogP) is 3.97. The van der Waals surface area contributed by atoms with E-state index in [-0.39, 0.29) is 25.4 Å². The summed E-state index contributed by atoms with van der Waals surface area (Å²) < 4.78 is 5.14. The molecule has 2 fully saturated rings. The Hall–Kier alpha value is -3.68. The van der Waals surface area contributed by atoms with Crippen molar-refractivity contribution in [1.29, 1.82) is 0 Å². The van der Waals surface area contributed by atoms with Crippen LogP contribution in [0.25, 0.3) is 11.1 Å². The molecule has 1 aliphatic heterocycles. The van der Waals surface area contributed by atoms with E-state index in [1.165, 1.54) is 4.90 Å². The van der Waals surface area contributed by atoms with Crippen molar-refractivity contribution in [3.05, 3.63) is 60.2 Å². The third-order valence-electron chi connectivity index (χ3n) is 7.76. The number of hydrogen-bond acceptors (Lipinski definition) is 5. The van der Waals surface area contributed by atoms with E-state index in [1.54, 1.807) is 6.92 Å². The summed E-state index contributed by atoms with van der Waals surface area (Å²) in [6.07, 6.45) is 3.91. The summed E-state index contributed by atoms with van der Waals surface area (Å²) in [6, 6.07) is 15.9. The number of esters is 1. The lowest BCUT2D eigenvalue weighted by molar-refractivity contribution is -0.152. The number of nitrogens with zero attached hydrogens (tertiary/aromatic N) is 1. The molecule has 2 amide bonds. The van der Waals surface area contributed by atoms with Crippen LogP contribution >= 0.6 is 0 Å². The zero-order valence-corrected chi connectivity index (χ0v) is 21.9. The quantitative estimate of drug-likeness (QED) is 0.459. The molecule has 38 heavy (non-hydrogen) atoms. The van der Waals surface area contributed by atoms with Gasteiger partial charge in [0, 0.05) is 13.0 Å². The van der Waals surface area contributed by atoms with Gasteiger partial charge in [0.15, 0.2) is 0 Å². The number of benzene rings is 2. The number of ether oxygens (including phenoxy) is 1. The molecule has 0 radical (unpaired) electrons. The maximum Gasteiger partial charge on any atom is 0.326 e. The van der Waals surface area contributed by atoms with E-state index < -0.39 is 35.3 Å². The van der Waals surface area contributed by atoms with Crippen molar-refractivity contribution in [2.45, 2.75) is 70.4 Å². The van der Waals surface area contributed by atoms with Gasteiger partial charge in [-0.2, -0.15) is 0 Å². The SMILES string of the molecule is CCOC(=O)CC1(C(=O)N[C@@H](Cc2ccc(-c3ccccc3)cc2)C(=O)N2CCC[C@H]2C(=O)O)CCCC1. The van der Waals surface area contributed by atoms with Crippen LogP contribution in [0.5, 0.6) is 0 Å². The first-order chi connectivity index (χ1) is 18.3. The maximum atomic E-state index is 13.7. The fourth-order valence-corrected chi connectivity index (χ4v) is 5.72. The van der Waals surface area contributed by atoms with Gasteiger partial charge in [-0.3, -0.25) is 14.4 Å². The van der Waals surface area contributed by atoms with E-state index >= 15 is 0 Å². The number of carbonyl (C=O) groups excluding carboxylic acids is 3. The molecular formula is C30H36N2O6. The number of carbonyl (C=O) groups is 4. The second-order valence-electron chi connectivity index (χ2n) is 10.3. The van der Waals surface area contributed by atoms with Gasteiger partial charge >= 0.3 is 11.9 Å². The number of carboxylic acids is 1. The summed E-state index contributed by atoms with van der Waals surface area (Å²) in [5.41, 5.74) is 2.04. The van der Waals surface area contributed by atoms with E-state index in [2.05, 4.69) is 5.32 Å². The van der Waals surface area contributed by atoms with Crippen LogP contribution in [0.15, 0.2) is 54.6 Å². The fraction of sp³-hybridized carbons (Fsp3) is 0.467. The highest BCUT2D eigenvalue weighted by Crippen LogP contribution is 2.42. The highest BCUT2D eigenvalue weighted by atomic mass is 16.5. The highest BCUT2D eigenvalue weighted by molar-refractivity contribution is 5.94. The molecule has 1 aliphatic carbocycles. The highest BCUT2D eigenvalue weighted by Gasteiger charge is 2.45. The van der Waals surface area contributed by atoms with Crippen molar-refractivity contribution >= 4 is 23.8 Å². The molecule has 0 unspecified atom stereocenters. The number of nitrogens with one attached hydrogen (secondary N) is 1. The summed E-state index contributed by atoms with van der Waals surface area (Å²) in [4.78, 5) is 52.9. The normalized spacial score (nSPS) is 19.1. The molecule has 8 heteroatoms. The molecule has 0 aromatic heterocycles. The van der Waals surface area contributed by atoms with Crippen molar-refractivity contribution in [3.8, 4) is 11.1 Å². The van der Waals surface area contributed by atoms with Crippen LogP contribution in [0.3, 0.4) is 0 Å². The number of rotatable bonds is 10. The lowest BCUT2D eigenvalue weighted by Crippen LogP contribution is -2.55. The minimum absolute atomic E-state index is 0.0270. The van der Waals surface area contributed by atoms with Gasteiger partial charge in [0.1, 0.15) is 12.1 Å². The van der Waals surface area contributed by atoms with Gasteiger partial charge in [-0.05, 0) is 49.3 Å². The average Bonchev–Trinajstić information content (AvgIpc) is 3.60. The molecule has 202 valence electrons. The zero-order valence-electron chi connectivity index (χ0n) is 21.9. The molecule has 4 rings (SSSR count). The summed E-state index contributed by atoms with van der Waals surface area (Å²) in [5, 5.41) is 12.6. The van der Waals surface area contributed by atoms with E-state index in [0.717, 1.165) is 29.5 Å². The Morgan fingerprint density at radius 2 is 1.66 bits per heavy atom. The Balaban J connectivity index is 1.57. The number of carboxylic acid groups (broad SMARTS) is 1. The number of amides is 2. The van der Waals surface area contributed by atoms with Crippen LogP contribution in [0.2, 0.25) is 0 Å². The maximum absolute atomic E-state index is 13.7. The smallest absolute Gasteiger partial charge is 0.326 e. The van der Waals surface area contributed by atoms with E-state index in [9.17, 15) is 24.3 Å². The van der Waals surface area contributed by atoms with Crippen molar-refractivity contribution in [2.24, 2.45) is 5.41 Å². The second kappa shape index (κ2) is 12.2. The Morgan fingerprint density at radius 1 is 1.00 bits per heavy atom. The van der Waals surface area contributed by atoms with Gasteiger partial charge in [0.25, 0.3) is 0 Å². The molecule has 2 atom stereocenters. The van der Waals surface area contributed by atoms with Crippen LogP contribution in [0.4, 0.5) is 0 Å². The van der Waals surface area contributed by atoms with Gasteiger partial charge in [0.05, 0.1) is 18.4 Å². The molecule has 2 N–H and O–H groups in total. The first-order valence-electron chi connectivity index (χ1n) is 13.5. The third-order valence-corrected chi connectivity index (χ3v) is 7.76. The molecule has 2 aliphatic rings. The van der Waals surface area contributed by atoms with Crippen molar-refractivity contribution in [1.82, 2.24) is 10.2 Å². The average molecular weight is 521 g/mol. The van der Waals surface area contributed by atoms with Crippen LogP contribution in [0, 0.1) is 5.41 Å². The molecule has 2 aromatic rings. The van der Waals surface area contributed by atoms with Crippen molar-refractivity contribution in [3.63, 3.8) is 0 Å². The van der Waals surface area contributed by atoms with Crippen molar-refractivity contribution < 1.29 is 29.0 Å². The summed E-state index contributed by atoms with van der Waals surface area (Å²) >= 11 is 0. The minimum Gasteiger partial charge on any atom is -0.480 e. The van der Waals surface area contributed by atoms with E-state index in [1.807, 2.05) is 54.6 Å². The largest absolute Gasteiger partial charge is 0.480 e. The monoisotopic (exact) mass is 520 g/mol. The minimum atomic E-state index is -1.04. The third kappa shape index (κ3) is 6.23. The van der Waals surface area contributed by atoms with Gasteiger partial charge < -0.3 is 20.1 Å². The first kappa shape index (κ1) is 27.4. The number of aliphatic carboxylic acids is 1. The first-order valence-corrected chi connectivity index (χ1v) is 13.5. The van der Waals surface area contributed by atoms with Crippen molar-refractivity contribution in [2.75, 3.05) is 13.2 Å². The van der Waals surface area contributed by atoms with Gasteiger partial charge in [-0.1, -0.05) is 67.4 Å². The topological polar surface area (TPSA) is 113 Å². The standard InChI is InChI=1S/C30H36N2O6/c1-2-38-26(33)20-30(16-6-7-17-30)29(37)31-24(27(34)32-18-8-11-25(32)28(35)36)19-21-12-14-23(15-13-21)22-9-4-3-5-10-22/h3-5,9-10,12-15,24-25H,2,6-8,11,16-20H2,1H3,(H,31,37)(H,35,36)/t24-,25-/m0/s1. The Morgan fingerprint density at radius 3 is 2.29 bits per heavy atom. The number of likely N-dealkylation sites (tertiary alicyclic amines) is 1. The summed E-state index contributed by atoms with van der Waals surface area (Å²) in [5.74, 6) is -2.20. The molecule has 2 aromatic carbocycles. The lowest BCUT2D eigenvalue weighted by atomic mass is 9.81. The van der Waals surface area contributed by atoms with Gasteiger partial charge in [-0.15, -0.1) is 0 Å². The summed E-state index contributed by atoms with van der Waals surface area (Å²) in [6.45, 7) is 2.30. The Labute approximate surface area is 223 Å². The van der Waals surface area contributed by atoms with E-state index in [4.69, 9.17) is 4.74 Å². The fourth-order valence-electron chi connectivity index (χ4n) is 5.72. The van der Waals surface area contributed by atoms with Gasteiger partial charge in [-0.25, -0.2) is 4.79 Å². The Kier molecular flexibility index (Phi) is 8.81. The molecule has 1 saturated heterocycles. The lowest BCUT2D eigenvalue weighted by Gasteiger charge is -2.32. The van der Waals surface area contributed by atoms with Gasteiger partial charge in [0.2, 0.25) is 11.8 Å². The van der Waals surface area contributed by atoms with E-state index in [0.29, 0.717) is 32.2 Å². The molecule has 1 heterocycles. The van der Waals surface area contributed by atoms with Crippen LogP contribution < -0.4 is 5.32 Å².